The lowest BCUT2D eigenvalue weighted by Gasteiger charge is -2.09. The molecule has 0 aliphatic rings. The molecular weight excluding hydrogens is 420 g/mol. The molecule has 0 radical (unpaired) electrons. The van der Waals surface area contributed by atoms with Crippen molar-refractivity contribution in [3.63, 3.8) is 0 Å². The Morgan fingerprint density at radius 1 is 1.03 bits per heavy atom. The zero-order chi connectivity index (χ0) is 23.5. The SMILES string of the molecule is COc1ccc(NC(=O)Nc2cccc(C(=O)c3cn(C(C)C)c4ncnc(N)c34)c2)cc1. The third-order valence-electron chi connectivity index (χ3n) is 5.17. The number of nitrogen functional groups attached to an aromatic ring is 1. The number of nitrogens with two attached hydrogens (primary N) is 1. The number of hydrogen-bond acceptors (Lipinski definition) is 6. The first-order chi connectivity index (χ1) is 15.9. The number of ketones is 1. The fourth-order valence-corrected chi connectivity index (χ4v) is 3.54. The van der Waals surface area contributed by atoms with Gasteiger partial charge in [-0.2, -0.15) is 0 Å². The number of hydrogen-bond donors (Lipinski definition) is 3. The Hall–Kier alpha value is -4.40. The predicted octanol–water partition coefficient (Wildman–Crippen LogP) is 4.48. The Morgan fingerprint density at radius 3 is 2.45 bits per heavy atom. The average molecular weight is 444 g/mol. The van der Waals surface area contributed by atoms with Crippen LogP contribution in [0.15, 0.2) is 61.1 Å². The van der Waals surface area contributed by atoms with Crippen molar-refractivity contribution in [2.45, 2.75) is 19.9 Å². The van der Waals surface area contributed by atoms with Gasteiger partial charge in [0.2, 0.25) is 0 Å². The number of amides is 2. The molecule has 0 bridgehead atoms. The molecule has 33 heavy (non-hydrogen) atoms. The molecule has 4 N–H and O–H groups in total. The molecule has 2 aromatic carbocycles. The highest BCUT2D eigenvalue weighted by Crippen LogP contribution is 2.29. The molecule has 0 atom stereocenters. The minimum absolute atomic E-state index is 0.0815. The molecule has 0 aliphatic heterocycles. The minimum atomic E-state index is -0.432. The van der Waals surface area contributed by atoms with Crippen LogP contribution in [0, 0.1) is 0 Å². The van der Waals surface area contributed by atoms with E-state index in [4.69, 9.17) is 10.5 Å². The fourth-order valence-electron chi connectivity index (χ4n) is 3.54. The lowest BCUT2D eigenvalue weighted by Crippen LogP contribution is -2.19. The molecule has 0 spiro atoms. The van der Waals surface area contributed by atoms with Crippen LogP contribution in [-0.2, 0) is 0 Å². The van der Waals surface area contributed by atoms with Crippen molar-refractivity contribution in [2.24, 2.45) is 0 Å². The summed E-state index contributed by atoms with van der Waals surface area (Å²) in [5, 5.41) is 6.01. The zero-order valence-electron chi connectivity index (χ0n) is 18.5. The minimum Gasteiger partial charge on any atom is -0.497 e. The number of benzene rings is 2. The van der Waals surface area contributed by atoms with Crippen molar-refractivity contribution in [2.75, 3.05) is 23.5 Å². The highest BCUT2D eigenvalue weighted by Gasteiger charge is 2.21. The number of carbonyl (C=O) groups excluding carboxylic acids is 2. The summed E-state index contributed by atoms with van der Waals surface area (Å²) in [7, 11) is 1.57. The summed E-state index contributed by atoms with van der Waals surface area (Å²) in [4.78, 5) is 34.2. The lowest BCUT2D eigenvalue weighted by molar-refractivity contribution is 0.104. The molecule has 0 aliphatic carbocycles. The van der Waals surface area contributed by atoms with Crippen LogP contribution in [0.5, 0.6) is 5.75 Å². The Morgan fingerprint density at radius 2 is 1.76 bits per heavy atom. The van der Waals surface area contributed by atoms with Crippen molar-refractivity contribution >= 4 is 40.0 Å². The van der Waals surface area contributed by atoms with E-state index in [0.29, 0.717) is 39.3 Å². The van der Waals surface area contributed by atoms with Crippen molar-refractivity contribution in [1.82, 2.24) is 14.5 Å². The molecule has 4 aromatic rings. The van der Waals surface area contributed by atoms with E-state index in [2.05, 4.69) is 20.6 Å². The second kappa shape index (κ2) is 8.99. The highest BCUT2D eigenvalue weighted by molar-refractivity contribution is 6.18. The van der Waals surface area contributed by atoms with Crippen LogP contribution in [0.25, 0.3) is 11.0 Å². The van der Waals surface area contributed by atoms with E-state index in [1.54, 1.807) is 61.8 Å². The largest absolute Gasteiger partial charge is 0.497 e. The average Bonchev–Trinajstić information content (AvgIpc) is 3.20. The van der Waals surface area contributed by atoms with Gasteiger partial charge < -0.3 is 25.7 Å². The zero-order valence-corrected chi connectivity index (χ0v) is 18.5. The number of nitrogens with one attached hydrogen (secondary N) is 2. The molecule has 168 valence electrons. The fraction of sp³-hybridized carbons (Fsp3) is 0.167. The van der Waals surface area contributed by atoms with Crippen LogP contribution < -0.4 is 21.1 Å². The first-order valence-corrected chi connectivity index (χ1v) is 10.3. The Labute approximate surface area is 190 Å². The number of rotatable bonds is 6. The monoisotopic (exact) mass is 444 g/mol. The van der Waals surface area contributed by atoms with Gasteiger partial charge in [-0.1, -0.05) is 12.1 Å². The molecule has 9 nitrogen and oxygen atoms in total. The predicted molar refractivity (Wildman–Crippen MR) is 128 cm³/mol. The number of urea groups is 1. The van der Waals surface area contributed by atoms with Gasteiger partial charge in [-0.05, 0) is 50.2 Å². The van der Waals surface area contributed by atoms with Crippen LogP contribution in [-0.4, -0.2) is 33.5 Å². The third-order valence-corrected chi connectivity index (χ3v) is 5.17. The molecule has 2 amide bonds. The van der Waals surface area contributed by atoms with E-state index in [1.807, 2.05) is 18.4 Å². The molecule has 2 aromatic heterocycles. The van der Waals surface area contributed by atoms with Gasteiger partial charge in [0.25, 0.3) is 0 Å². The number of ether oxygens (including phenoxy) is 1. The summed E-state index contributed by atoms with van der Waals surface area (Å²) in [6.07, 6.45) is 3.13. The molecule has 9 heteroatoms. The number of aromatic nitrogens is 3. The number of nitrogens with zero attached hydrogens (tertiary/aromatic N) is 3. The van der Waals surface area contributed by atoms with E-state index >= 15 is 0 Å². The van der Waals surface area contributed by atoms with Gasteiger partial charge in [0.15, 0.2) is 5.78 Å². The number of anilines is 3. The Balaban J connectivity index is 1.58. The summed E-state index contributed by atoms with van der Waals surface area (Å²) >= 11 is 0. The van der Waals surface area contributed by atoms with Crippen molar-refractivity contribution < 1.29 is 14.3 Å². The van der Waals surface area contributed by atoms with Gasteiger partial charge in [0.1, 0.15) is 23.5 Å². The summed E-state index contributed by atoms with van der Waals surface area (Å²) in [5.74, 6) is 0.702. The van der Waals surface area contributed by atoms with Gasteiger partial charge in [0, 0.05) is 29.2 Å². The van der Waals surface area contributed by atoms with E-state index in [9.17, 15) is 9.59 Å². The third kappa shape index (κ3) is 4.47. The summed E-state index contributed by atoms with van der Waals surface area (Å²) in [5.41, 5.74) is 8.59. The molecule has 0 saturated carbocycles. The maximum absolute atomic E-state index is 13.4. The first kappa shape index (κ1) is 21.8. The summed E-state index contributed by atoms with van der Waals surface area (Å²) < 4.78 is 7.01. The number of carbonyl (C=O) groups is 2. The van der Waals surface area contributed by atoms with Gasteiger partial charge in [-0.15, -0.1) is 0 Å². The van der Waals surface area contributed by atoms with Crippen LogP contribution >= 0.6 is 0 Å². The number of fused-ring (bicyclic) bond motifs is 1. The molecular formula is C24H24N6O3. The van der Waals surface area contributed by atoms with E-state index in [0.717, 1.165) is 0 Å². The van der Waals surface area contributed by atoms with E-state index in [1.165, 1.54) is 6.33 Å². The second-order valence-electron chi connectivity index (χ2n) is 7.72. The van der Waals surface area contributed by atoms with Crippen LogP contribution in [0.3, 0.4) is 0 Å². The summed E-state index contributed by atoms with van der Waals surface area (Å²) in [6.45, 7) is 4.00. The normalized spacial score (nSPS) is 10.9. The molecule has 4 rings (SSSR count). The highest BCUT2D eigenvalue weighted by atomic mass is 16.5. The Kier molecular flexibility index (Phi) is 5.95. The lowest BCUT2D eigenvalue weighted by atomic mass is 10.0. The van der Waals surface area contributed by atoms with E-state index in [-0.39, 0.29) is 17.6 Å². The first-order valence-electron chi connectivity index (χ1n) is 10.3. The Bertz CT molecular complexity index is 1330. The maximum Gasteiger partial charge on any atom is 0.323 e. The molecule has 0 fully saturated rings. The van der Waals surface area contributed by atoms with Gasteiger partial charge in [-0.25, -0.2) is 14.8 Å². The summed E-state index contributed by atoms with van der Waals surface area (Å²) in [6, 6.07) is 13.3. The van der Waals surface area contributed by atoms with Crippen LogP contribution in [0.1, 0.15) is 35.8 Å². The topological polar surface area (TPSA) is 124 Å². The quantitative estimate of drug-likeness (QED) is 0.377. The van der Waals surface area contributed by atoms with Crippen molar-refractivity contribution in [3.05, 3.63) is 72.2 Å². The second-order valence-corrected chi connectivity index (χ2v) is 7.72. The van der Waals surface area contributed by atoms with Crippen LogP contribution in [0.2, 0.25) is 0 Å². The molecule has 2 heterocycles. The van der Waals surface area contributed by atoms with Gasteiger partial charge in [-0.3, -0.25) is 4.79 Å². The number of methoxy groups -OCH3 is 1. The van der Waals surface area contributed by atoms with Crippen LogP contribution in [0.4, 0.5) is 22.0 Å². The van der Waals surface area contributed by atoms with Crippen molar-refractivity contribution in [3.8, 4) is 5.75 Å². The molecule has 0 unspecified atom stereocenters. The van der Waals surface area contributed by atoms with Gasteiger partial charge >= 0.3 is 6.03 Å². The maximum atomic E-state index is 13.4. The smallest absolute Gasteiger partial charge is 0.323 e. The molecule has 0 saturated heterocycles. The standard InChI is InChI=1S/C24H24N6O3/c1-14(2)30-12-19(20-22(25)26-13-27-23(20)30)21(31)15-5-4-6-17(11-15)29-24(32)28-16-7-9-18(33-3)10-8-16/h4-14H,1-3H3,(H2,25,26,27)(H2,28,29,32). The van der Waals surface area contributed by atoms with Gasteiger partial charge in [0.05, 0.1) is 18.1 Å². The van der Waals surface area contributed by atoms with E-state index < -0.39 is 6.03 Å². The van der Waals surface area contributed by atoms with Crippen molar-refractivity contribution in [1.29, 1.82) is 0 Å².